The lowest BCUT2D eigenvalue weighted by Crippen LogP contribution is -2.33. The molecule has 0 spiro atoms. The topological polar surface area (TPSA) is 96.5 Å². The first kappa shape index (κ1) is 29.2. The van der Waals surface area contributed by atoms with Gasteiger partial charge in [-0.3, -0.25) is 9.59 Å². The van der Waals surface area contributed by atoms with Gasteiger partial charge >= 0.3 is 6.09 Å². The fourth-order valence-corrected chi connectivity index (χ4v) is 4.72. The van der Waals surface area contributed by atoms with Crippen molar-refractivity contribution >= 4 is 17.9 Å². The molecule has 0 bridgehead atoms. The van der Waals surface area contributed by atoms with Gasteiger partial charge < -0.3 is 27.1 Å². The van der Waals surface area contributed by atoms with E-state index < -0.39 is 6.09 Å². The molecule has 3 rings (SSSR count). The van der Waals surface area contributed by atoms with Crippen LogP contribution in [0.1, 0.15) is 92.8 Å². The third kappa shape index (κ3) is 7.59. The van der Waals surface area contributed by atoms with Crippen molar-refractivity contribution in [1.82, 2.24) is 16.0 Å². The van der Waals surface area contributed by atoms with Crippen molar-refractivity contribution in [2.45, 2.75) is 78.2 Å². The molecule has 38 heavy (non-hydrogen) atoms. The number of fused-ring (bicyclic) bond motifs is 3. The number of unbranched alkanes of at least 4 members (excludes halogenated alkanes) is 1. The Hall–Kier alpha value is -3.35. The molecule has 1 aliphatic carbocycles. The van der Waals surface area contributed by atoms with E-state index in [1.54, 1.807) is 0 Å². The molecule has 0 aliphatic heterocycles. The lowest BCUT2D eigenvalue weighted by Gasteiger charge is -2.17. The number of nitrogens with one attached hydrogen (secondary N) is 3. The summed E-state index contributed by atoms with van der Waals surface area (Å²) in [6.07, 6.45) is 6.14. The van der Waals surface area contributed by atoms with Crippen LogP contribution in [0.15, 0.2) is 36.4 Å². The van der Waals surface area contributed by atoms with Gasteiger partial charge in [-0.05, 0) is 73.0 Å². The largest absolute Gasteiger partial charge is 0.449 e. The standard InChI is InChI=1S/C31H42N3O4/c1-5-8-18-33-30(36)25-13-10-12-23-27(20-38-31(37)34-21(4)7-3)26-19-22(15-16-24(26)29(23)25)11-9-14-28(35)32-17-6-2/h5,10,12-13,15-16,19,21,27H,6-9,11,14,17-18,20H2,1-4H3,(H,32,35)(H,33,36)(H,34,37)/q-1. The highest BCUT2D eigenvalue weighted by atomic mass is 16.5. The van der Waals surface area contributed by atoms with E-state index in [2.05, 4.69) is 34.1 Å². The van der Waals surface area contributed by atoms with Crippen LogP contribution >= 0.6 is 0 Å². The first-order chi connectivity index (χ1) is 18.4. The molecule has 0 heterocycles. The van der Waals surface area contributed by atoms with Crippen LogP contribution in [0.4, 0.5) is 4.79 Å². The number of carbonyl (C=O) groups is 3. The van der Waals surface area contributed by atoms with Gasteiger partial charge in [0.25, 0.3) is 5.91 Å². The molecule has 0 radical (unpaired) electrons. The van der Waals surface area contributed by atoms with Crippen LogP contribution < -0.4 is 16.0 Å². The number of hydrogen-bond donors (Lipinski definition) is 3. The summed E-state index contributed by atoms with van der Waals surface area (Å²) in [4.78, 5) is 37.5. The lowest BCUT2D eigenvalue weighted by molar-refractivity contribution is -0.121. The van der Waals surface area contributed by atoms with E-state index in [9.17, 15) is 14.4 Å². The monoisotopic (exact) mass is 520 g/mol. The predicted molar refractivity (Wildman–Crippen MR) is 151 cm³/mol. The quantitative estimate of drug-likeness (QED) is 0.226. The fourth-order valence-electron chi connectivity index (χ4n) is 4.72. The van der Waals surface area contributed by atoms with E-state index >= 15 is 0 Å². The molecule has 0 fully saturated rings. The predicted octanol–water partition coefficient (Wildman–Crippen LogP) is 5.52. The Balaban J connectivity index is 1.86. The van der Waals surface area contributed by atoms with E-state index in [1.807, 2.05) is 52.3 Å². The fraction of sp³-hybridized carbons (Fsp3) is 0.484. The second-order valence-corrected chi connectivity index (χ2v) is 9.95. The number of rotatable bonds is 14. The van der Waals surface area contributed by atoms with Crippen LogP contribution in [-0.4, -0.2) is 43.6 Å². The molecule has 2 atom stereocenters. The zero-order valence-electron chi connectivity index (χ0n) is 23.2. The number of amides is 3. The van der Waals surface area contributed by atoms with Gasteiger partial charge in [-0.15, -0.1) is 0 Å². The molecule has 7 nitrogen and oxygen atoms in total. The maximum atomic E-state index is 13.1. The highest BCUT2D eigenvalue weighted by Crippen LogP contribution is 2.47. The molecule has 1 aliphatic rings. The normalized spacial score (nSPS) is 14.3. The summed E-state index contributed by atoms with van der Waals surface area (Å²) in [6, 6.07) is 12.1. The molecule has 2 aromatic carbocycles. The third-order valence-corrected chi connectivity index (χ3v) is 7.00. The molecular weight excluding hydrogens is 478 g/mol. The molecular formula is C31H42N3O4-. The summed E-state index contributed by atoms with van der Waals surface area (Å²) in [5, 5.41) is 8.80. The van der Waals surface area contributed by atoms with E-state index in [0.717, 1.165) is 59.9 Å². The van der Waals surface area contributed by atoms with Gasteiger partial charge in [0.1, 0.15) is 6.61 Å². The number of hydrogen-bond acceptors (Lipinski definition) is 4. The average Bonchev–Trinajstić information content (AvgIpc) is 3.23. The second-order valence-electron chi connectivity index (χ2n) is 9.95. The maximum absolute atomic E-state index is 13.1. The van der Waals surface area contributed by atoms with Gasteiger partial charge in [-0.25, -0.2) is 4.79 Å². The number of ether oxygens (including phenoxy) is 1. The Morgan fingerprint density at radius 2 is 1.87 bits per heavy atom. The lowest BCUT2D eigenvalue weighted by atomic mass is 9.95. The van der Waals surface area contributed by atoms with Crippen LogP contribution in [-0.2, 0) is 16.0 Å². The van der Waals surface area contributed by atoms with E-state index in [4.69, 9.17) is 4.74 Å². The van der Waals surface area contributed by atoms with Crippen molar-refractivity contribution in [3.8, 4) is 11.1 Å². The van der Waals surface area contributed by atoms with Gasteiger partial charge in [0.15, 0.2) is 0 Å². The van der Waals surface area contributed by atoms with Gasteiger partial charge in [0, 0.05) is 30.5 Å². The minimum atomic E-state index is -0.437. The van der Waals surface area contributed by atoms with Crippen LogP contribution in [0.3, 0.4) is 0 Å². The Labute approximate surface area is 227 Å². The van der Waals surface area contributed by atoms with Gasteiger partial charge in [0.05, 0.1) is 0 Å². The molecule has 7 heteroatoms. The Morgan fingerprint density at radius 3 is 2.61 bits per heavy atom. The summed E-state index contributed by atoms with van der Waals surface area (Å²) >= 11 is 0. The molecule has 0 aromatic heterocycles. The zero-order chi connectivity index (χ0) is 27.5. The highest BCUT2D eigenvalue weighted by Gasteiger charge is 2.33. The molecule has 206 valence electrons. The van der Waals surface area contributed by atoms with Crippen molar-refractivity contribution in [3.63, 3.8) is 0 Å². The molecule has 3 N–H and O–H groups in total. The van der Waals surface area contributed by atoms with Crippen molar-refractivity contribution in [2.75, 3.05) is 19.7 Å². The van der Waals surface area contributed by atoms with E-state index in [0.29, 0.717) is 25.1 Å². The van der Waals surface area contributed by atoms with Gasteiger partial charge in [-0.2, -0.15) is 13.3 Å². The molecule has 2 aromatic rings. The average molecular weight is 521 g/mol. The van der Waals surface area contributed by atoms with Crippen LogP contribution in [0.2, 0.25) is 0 Å². The Bertz CT molecular complexity index is 1110. The maximum Gasteiger partial charge on any atom is 0.407 e. The van der Waals surface area contributed by atoms with Crippen molar-refractivity contribution in [2.24, 2.45) is 0 Å². The summed E-state index contributed by atoms with van der Waals surface area (Å²) in [6.45, 7) is 9.43. The van der Waals surface area contributed by atoms with Gasteiger partial charge in [-0.1, -0.05) is 44.2 Å². The first-order valence-electron chi connectivity index (χ1n) is 13.9. The molecule has 0 saturated heterocycles. The summed E-state index contributed by atoms with van der Waals surface area (Å²) < 4.78 is 5.67. The molecule has 3 amide bonds. The van der Waals surface area contributed by atoms with Crippen LogP contribution in [0.5, 0.6) is 0 Å². The first-order valence-corrected chi connectivity index (χ1v) is 13.9. The van der Waals surface area contributed by atoms with Crippen molar-refractivity contribution < 1.29 is 19.1 Å². The number of aryl methyl sites for hydroxylation is 1. The van der Waals surface area contributed by atoms with Crippen LogP contribution in [0, 0.1) is 6.42 Å². The van der Waals surface area contributed by atoms with Crippen molar-refractivity contribution in [1.29, 1.82) is 0 Å². The van der Waals surface area contributed by atoms with Crippen molar-refractivity contribution in [3.05, 3.63) is 65.1 Å². The summed E-state index contributed by atoms with van der Waals surface area (Å²) in [5.74, 6) is -0.199. The number of benzene rings is 2. The minimum Gasteiger partial charge on any atom is -0.449 e. The minimum absolute atomic E-state index is 0.0300. The number of carbonyl (C=O) groups excluding carboxylic acids is 3. The molecule has 2 unspecified atom stereocenters. The third-order valence-electron chi connectivity index (χ3n) is 7.00. The zero-order valence-corrected chi connectivity index (χ0v) is 23.2. The summed E-state index contributed by atoms with van der Waals surface area (Å²) in [5.41, 5.74) is 5.69. The Kier molecular flexibility index (Phi) is 11.2. The highest BCUT2D eigenvalue weighted by molar-refractivity contribution is 6.03. The van der Waals surface area contributed by atoms with Crippen LogP contribution in [0.25, 0.3) is 11.1 Å². The van der Waals surface area contributed by atoms with E-state index in [-0.39, 0.29) is 30.4 Å². The SMILES string of the molecule is C[CH-]CCNC(=O)c1cccc2c1-c1ccc(CCCC(=O)NCCC)cc1C2COC(=O)NC(C)CC. The van der Waals surface area contributed by atoms with Gasteiger partial charge in [0.2, 0.25) is 5.91 Å². The summed E-state index contributed by atoms with van der Waals surface area (Å²) in [7, 11) is 0. The smallest absolute Gasteiger partial charge is 0.407 e. The second kappa shape index (κ2) is 14.6. The van der Waals surface area contributed by atoms with E-state index in [1.165, 1.54) is 0 Å². The Morgan fingerprint density at radius 1 is 1.05 bits per heavy atom. The molecule has 0 saturated carbocycles. The number of alkyl carbamates (subject to hydrolysis) is 1.